The van der Waals surface area contributed by atoms with Crippen LogP contribution in [0.25, 0.3) is 0 Å². The predicted molar refractivity (Wildman–Crippen MR) is 101 cm³/mol. The first-order valence-electron chi connectivity index (χ1n) is 7.74. The number of aromatic nitrogens is 2. The van der Waals surface area contributed by atoms with Gasteiger partial charge in [-0.2, -0.15) is 0 Å². The summed E-state index contributed by atoms with van der Waals surface area (Å²) in [6.45, 7) is 1.82. The second-order valence-corrected chi connectivity index (χ2v) is 5.99. The molecule has 5 nitrogen and oxygen atoms in total. The summed E-state index contributed by atoms with van der Waals surface area (Å²) in [4.78, 5) is 23.0. The Morgan fingerprint density at radius 3 is 2.52 bits per heavy atom. The zero-order valence-electron chi connectivity index (χ0n) is 13.9. The number of para-hydroxylation sites is 1. The fraction of sp³-hybridized carbons (Fsp3) is 0.105. The summed E-state index contributed by atoms with van der Waals surface area (Å²) < 4.78 is 0. The lowest BCUT2D eigenvalue weighted by Crippen LogP contribution is -2.27. The van der Waals surface area contributed by atoms with E-state index in [1.54, 1.807) is 30.1 Å². The Balaban J connectivity index is 1.87. The van der Waals surface area contributed by atoms with Crippen molar-refractivity contribution < 1.29 is 4.79 Å². The molecule has 126 valence electrons. The lowest BCUT2D eigenvalue weighted by molar-refractivity contribution is 0.0988. The number of nitrogens with zero attached hydrogens (tertiary/aromatic N) is 3. The second-order valence-electron chi connectivity index (χ2n) is 5.55. The number of carbonyl (C=O) groups excluding carboxylic acids is 1. The van der Waals surface area contributed by atoms with Gasteiger partial charge in [-0.05, 0) is 43.3 Å². The maximum atomic E-state index is 12.7. The molecule has 3 rings (SSSR count). The van der Waals surface area contributed by atoms with Crippen molar-refractivity contribution in [2.45, 2.75) is 6.92 Å². The van der Waals surface area contributed by atoms with Gasteiger partial charge < -0.3 is 10.2 Å². The number of amides is 1. The molecule has 2 aromatic carbocycles. The lowest BCUT2D eigenvalue weighted by atomic mass is 10.2. The minimum Gasteiger partial charge on any atom is -0.324 e. The molecule has 0 atom stereocenters. The molecule has 0 bridgehead atoms. The topological polar surface area (TPSA) is 58.1 Å². The van der Waals surface area contributed by atoms with Crippen molar-refractivity contribution >= 4 is 34.8 Å². The van der Waals surface area contributed by atoms with E-state index in [0.29, 0.717) is 22.4 Å². The molecule has 0 aliphatic rings. The van der Waals surface area contributed by atoms with Crippen LogP contribution in [0.15, 0.2) is 60.7 Å². The molecule has 0 fully saturated rings. The Morgan fingerprint density at radius 1 is 1.04 bits per heavy atom. The maximum absolute atomic E-state index is 12.7. The number of anilines is 3. The molecule has 0 saturated carbocycles. The predicted octanol–water partition coefficient (Wildman–Crippen LogP) is 4.46. The van der Waals surface area contributed by atoms with Crippen LogP contribution in [0, 0.1) is 6.92 Å². The zero-order valence-corrected chi connectivity index (χ0v) is 14.7. The van der Waals surface area contributed by atoms with Crippen LogP contribution < -0.4 is 10.2 Å². The van der Waals surface area contributed by atoms with Crippen LogP contribution >= 0.6 is 11.6 Å². The fourth-order valence-corrected chi connectivity index (χ4v) is 2.56. The molecular formula is C19H17ClN4O. The average Bonchev–Trinajstić information content (AvgIpc) is 2.60. The van der Waals surface area contributed by atoms with Gasteiger partial charge >= 0.3 is 0 Å². The average molecular weight is 353 g/mol. The highest BCUT2D eigenvalue weighted by Crippen LogP contribution is 2.19. The van der Waals surface area contributed by atoms with Crippen LogP contribution in [-0.2, 0) is 0 Å². The van der Waals surface area contributed by atoms with E-state index in [9.17, 15) is 4.79 Å². The van der Waals surface area contributed by atoms with E-state index in [4.69, 9.17) is 11.6 Å². The number of hydrogen-bond acceptors (Lipinski definition) is 4. The van der Waals surface area contributed by atoms with Gasteiger partial charge in [-0.15, -0.1) is 0 Å². The molecule has 0 unspecified atom stereocenters. The van der Waals surface area contributed by atoms with Crippen LogP contribution in [0.1, 0.15) is 16.2 Å². The molecule has 0 aliphatic carbocycles. The van der Waals surface area contributed by atoms with Crippen LogP contribution in [0.5, 0.6) is 0 Å². The molecule has 1 amide bonds. The number of rotatable bonds is 4. The third-order valence-corrected chi connectivity index (χ3v) is 3.84. The van der Waals surface area contributed by atoms with Crippen molar-refractivity contribution in [3.63, 3.8) is 0 Å². The third kappa shape index (κ3) is 4.14. The van der Waals surface area contributed by atoms with Crippen LogP contribution in [-0.4, -0.2) is 22.9 Å². The number of benzene rings is 2. The number of nitrogens with one attached hydrogen (secondary N) is 1. The van der Waals surface area contributed by atoms with Crippen molar-refractivity contribution in [1.29, 1.82) is 0 Å². The highest BCUT2D eigenvalue weighted by atomic mass is 35.5. The molecule has 1 heterocycles. The quantitative estimate of drug-likeness (QED) is 0.753. The van der Waals surface area contributed by atoms with Gasteiger partial charge in [0.15, 0.2) is 0 Å². The van der Waals surface area contributed by atoms with Gasteiger partial charge in [0.05, 0.1) is 0 Å². The number of hydrogen-bond donors (Lipinski definition) is 1. The summed E-state index contributed by atoms with van der Waals surface area (Å²) in [6, 6.07) is 18.3. The van der Waals surface area contributed by atoms with Gasteiger partial charge in [-0.1, -0.05) is 35.9 Å². The second kappa shape index (κ2) is 7.32. The number of halogens is 1. The van der Waals surface area contributed by atoms with Gasteiger partial charge in [0, 0.05) is 29.1 Å². The van der Waals surface area contributed by atoms with E-state index < -0.39 is 0 Å². The molecule has 3 aromatic rings. The van der Waals surface area contributed by atoms with Crippen LogP contribution in [0.2, 0.25) is 5.02 Å². The molecule has 1 N–H and O–H groups in total. The number of aryl methyl sites for hydroxylation is 1. The van der Waals surface area contributed by atoms with Crippen LogP contribution in [0.3, 0.4) is 0 Å². The van der Waals surface area contributed by atoms with E-state index in [-0.39, 0.29) is 5.91 Å². The molecule has 25 heavy (non-hydrogen) atoms. The van der Waals surface area contributed by atoms with Gasteiger partial charge in [-0.3, -0.25) is 4.79 Å². The van der Waals surface area contributed by atoms with E-state index in [0.717, 1.165) is 11.4 Å². The summed E-state index contributed by atoms with van der Waals surface area (Å²) >= 11 is 5.99. The monoisotopic (exact) mass is 352 g/mol. The van der Waals surface area contributed by atoms with Crippen molar-refractivity contribution in [3.05, 3.63) is 77.1 Å². The molecule has 0 saturated heterocycles. The van der Waals surface area contributed by atoms with Crippen LogP contribution in [0.4, 0.5) is 17.3 Å². The van der Waals surface area contributed by atoms with Crippen molar-refractivity contribution in [3.8, 4) is 0 Å². The fourth-order valence-electron chi connectivity index (χ4n) is 2.37. The van der Waals surface area contributed by atoms with Crippen molar-refractivity contribution in [2.24, 2.45) is 0 Å². The highest BCUT2D eigenvalue weighted by molar-refractivity contribution is 6.30. The standard InChI is InChI=1S/C19H17ClN4O/c1-13-11-17(18(25)24(2)16-9-4-3-5-10-16)23-19(21-13)22-15-8-6-7-14(20)12-15/h3-12H,1-2H3,(H,21,22,23). The summed E-state index contributed by atoms with van der Waals surface area (Å²) in [5.74, 6) is 0.151. The van der Waals surface area contributed by atoms with E-state index in [2.05, 4.69) is 15.3 Å². The summed E-state index contributed by atoms with van der Waals surface area (Å²) in [5.41, 5.74) is 2.58. The first-order valence-corrected chi connectivity index (χ1v) is 8.12. The third-order valence-electron chi connectivity index (χ3n) is 3.60. The molecular weight excluding hydrogens is 336 g/mol. The van der Waals surface area contributed by atoms with E-state index in [1.165, 1.54) is 0 Å². The van der Waals surface area contributed by atoms with Gasteiger partial charge in [0.25, 0.3) is 5.91 Å². The van der Waals surface area contributed by atoms with Gasteiger partial charge in [-0.25, -0.2) is 9.97 Å². The Kier molecular flexibility index (Phi) is 4.95. The first kappa shape index (κ1) is 16.9. The van der Waals surface area contributed by atoms with Crippen molar-refractivity contribution in [2.75, 3.05) is 17.3 Å². The Morgan fingerprint density at radius 2 is 1.80 bits per heavy atom. The first-order chi connectivity index (χ1) is 12.0. The normalized spacial score (nSPS) is 10.4. The smallest absolute Gasteiger partial charge is 0.276 e. The Bertz CT molecular complexity index is 899. The molecule has 1 aromatic heterocycles. The van der Waals surface area contributed by atoms with Gasteiger partial charge in [0.1, 0.15) is 5.69 Å². The minimum atomic E-state index is -0.203. The molecule has 6 heteroatoms. The largest absolute Gasteiger partial charge is 0.324 e. The summed E-state index contributed by atoms with van der Waals surface area (Å²) in [7, 11) is 1.72. The Hall–Kier alpha value is -2.92. The molecule has 0 spiro atoms. The highest BCUT2D eigenvalue weighted by Gasteiger charge is 2.16. The Labute approximate surface area is 151 Å². The zero-order chi connectivity index (χ0) is 17.8. The van der Waals surface area contributed by atoms with E-state index >= 15 is 0 Å². The minimum absolute atomic E-state index is 0.203. The van der Waals surface area contributed by atoms with E-state index in [1.807, 2.05) is 49.4 Å². The SMILES string of the molecule is Cc1cc(C(=O)N(C)c2ccccc2)nc(Nc2cccc(Cl)c2)n1. The summed E-state index contributed by atoms with van der Waals surface area (Å²) in [5, 5.41) is 3.69. The van der Waals surface area contributed by atoms with Crippen molar-refractivity contribution in [1.82, 2.24) is 9.97 Å². The molecule has 0 aliphatic heterocycles. The lowest BCUT2D eigenvalue weighted by Gasteiger charge is -2.17. The van der Waals surface area contributed by atoms with Gasteiger partial charge in [0.2, 0.25) is 5.95 Å². The molecule has 0 radical (unpaired) electrons. The summed E-state index contributed by atoms with van der Waals surface area (Å²) in [6.07, 6.45) is 0. The maximum Gasteiger partial charge on any atom is 0.276 e. The number of carbonyl (C=O) groups is 1.